The number of furan rings is 1. The molecule has 0 aliphatic heterocycles. The number of rotatable bonds is 8. The number of nitrogens with zero attached hydrogens (tertiary/aromatic N) is 3. The topological polar surface area (TPSA) is 67.4 Å². The van der Waals surface area contributed by atoms with E-state index >= 15 is 0 Å². The van der Waals surface area contributed by atoms with Gasteiger partial charge in [-0.3, -0.25) is 9.67 Å². The van der Waals surface area contributed by atoms with E-state index in [1.165, 1.54) is 5.69 Å². The molecule has 2 aromatic rings. The lowest BCUT2D eigenvalue weighted by Gasteiger charge is -2.14. The normalized spacial score (nSPS) is 12.6. The van der Waals surface area contributed by atoms with Gasteiger partial charge in [-0.05, 0) is 44.9 Å². The summed E-state index contributed by atoms with van der Waals surface area (Å²) in [5, 5.41) is 11.2. The fraction of sp³-hybridized carbons (Fsp3) is 0.556. The Kier molecular flexibility index (Phi) is 9.62. The summed E-state index contributed by atoms with van der Waals surface area (Å²) in [6, 6.07) is 6.01. The van der Waals surface area contributed by atoms with Crippen molar-refractivity contribution >= 4 is 29.9 Å². The van der Waals surface area contributed by atoms with E-state index in [-0.39, 0.29) is 24.0 Å². The molecule has 2 heterocycles. The minimum absolute atomic E-state index is 0. The van der Waals surface area contributed by atoms with Gasteiger partial charge in [-0.25, -0.2) is 0 Å². The van der Waals surface area contributed by atoms with Crippen LogP contribution in [0.3, 0.4) is 0 Å². The summed E-state index contributed by atoms with van der Waals surface area (Å²) < 4.78 is 7.41. The van der Waals surface area contributed by atoms with E-state index in [0.717, 1.165) is 50.0 Å². The molecule has 1 unspecified atom stereocenters. The summed E-state index contributed by atoms with van der Waals surface area (Å²) in [5.74, 6) is 2.25. The minimum Gasteiger partial charge on any atom is -0.469 e. The van der Waals surface area contributed by atoms with E-state index in [2.05, 4.69) is 52.2 Å². The maximum atomic E-state index is 5.34. The van der Waals surface area contributed by atoms with Crippen LogP contribution in [0.5, 0.6) is 0 Å². The van der Waals surface area contributed by atoms with Crippen molar-refractivity contribution < 1.29 is 4.42 Å². The first-order valence-electron chi connectivity index (χ1n) is 8.64. The van der Waals surface area contributed by atoms with E-state index in [1.54, 1.807) is 6.26 Å². The number of halogens is 1. The molecule has 0 fully saturated rings. The fourth-order valence-corrected chi connectivity index (χ4v) is 2.56. The van der Waals surface area contributed by atoms with Gasteiger partial charge in [0.2, 0.25) is 0 Å². The number of hydrogen-bond donors (Lipinski definition) is 2. The van der Waals surface area contributed by atoms with Crippen LogP contribution in [-0.2, 0) is 13.0 Å². The molecule has 2 aromatic heterocycles. The van der Waals surface area contributed by atoms with Gasteiger partial charge in [0, 0.05) is 38.3 Å². The Morgan fingerprint density at radius 1 is 1.36 bits per heavy atom. The highest BCUT2D eigenvalue weighted by atomic mass is 127. The number of aliphatic imine (C=N–C) groups is 1. The standard InChI is InChI=1S/C18H29N5O.HI/c1-5-19-18(20-9-8-17-7-6-10-24-17)21-12-14(2)13-23-16(4)11-15(3)22-23;/h6-7,10-11,14H,5,8-9,12-13H2,1-4H3,(H2,19,20,21);1H. The molecule has 0 saturated carbocycles. The molecule has 0 saturated heterocycles. The van der Waals surface area contributed by atoms with Crippen LogP contribution in [0, 0.1) is 19.8 Å². The van der Waals surface area contributed by atoms with Crippen molar-refractivity contribution in [1.82, 2.24) is 20.4 Å². The van der Waals surface area contributed by atoms with E-state index in [1.807, 2.05) is 19.1 Å². The van der Waals surface area contributed by atoms with Gasteiger partial charge in [-0.1, -0.05) is 6.92 Å². The van der Waals surface area contributed by atoms with Gasteiger partial charge in [0.1, 0.15) is 5.76 Å². The van der Waals surface area contributed by atoms with Crippen molar-refractivity contribution in [3.63, 3.8) is 0 Å². The number of nitrogens with one attached hydrogen (secondary N) is 2. The first-order valence-corrected chi connectivity index (χ1v) is 8.64. The highest BCUT2D eigenvalue weighted by Gasteiger charge is 2.07. The van der Waals surface area contributed by atoms with E-state index in [0.29, 0.717) is 5.92 Å². The molecule has 0 aliphatic carbocycles. The third kappa shape index (κ3) is 7.50. The van der Waals surface area contributed by atoms with Gasteiger partial charge in [0.25, 0.3) is 0 Å². The Morgan fingerprint density at radius 2 is 2.16 bits per heavy atom. The lowest BCUT2D eigenvalue weighted by Crippen LogP contribution is -2.38. The number of hydrogen-bond acceptors (Lipinski definition) is 3. The van der Waals surface area contributed by atoms with Crippen molar-refractivity contribution in [1.29, 1.82) is 0 Å². The molecule has 7 heteroatoms. The van der Waals surface area contributed by atoms with Crippen LogP contribution in [-0.4, -0.2) is 35.4 Å². The molecule has 0 radical (unpaired) electrons. The highest BCUT2D eigenvalue weighted by Crippen LogP contribution is 2.06. The van der Waals surface area contributed by atoms with Crippen molar-refractivity contribution in [2.45, 2.75) is 40.7 Å². The van der Waals surface area contributed by atoms with Gasteiger partial charge in [0.05, 0.1) is 12.0 Å². The lowest BCUT2D eigenvalue weighted by molar-refractivity contribution is 0.449. The summed E-state index contributed by atoms with van der Waals surface area (Å²) in [6.45, 7) is 11.7. The monoisotopic (exact) mass is 459 g/mol. The van der Waals surface area contributed by atoms with Crippen LogP contribution in [0.2, 0.25) is 0 Å². The van der Waals surface area contributed by atoms with E-state index < -0.39 is 0 Å². The lowest BCUT2D eigenvalue weighted by atomic mass is 10.2. The first-order chi connectivity index (χ1) is 11.6. The fourth-order valence-electron chi connectivity index (χ4n) is 2.56. The van der Waals surface area contributed by atoms with E-state index in [4.69, 9.17) is 4.42 Å². The van der Waals surface area contributed by atoms with Gasteiger partial charge >= 0.3 is 0 Å². The van der Waals surface area contributed by atoms with E-state index in [9.17, 15) is 0 Å². The van der Waals surface area contributed by atoms with Crippen LogP contribution in [0.15, 0.2) is 33.9 Å². The highest BCUT2D eigenvalue weighted by molar-refractivity contribution is 14.0. The Morgan fingerprint density at radius 3 is 2.76 bits per heavy atom. The van der Waals surface area contributed by atoms with Crippen LogP contribution in [0.1, 0.15) is 31.0 Å². The molecular weight excluding hydrogens is 429 g/mol. The molecule has 2 rings (SSSR count). The molecular formula is C18H30IN5O. The van der Waals surface area contributed by atoms with Crippen molar-refractivity contribution in [3.8, 4) is 0 Å². The summed E-state index contributed by atoms with van der Waals surface area (Å²) >= 11 is 0. The molecule has 140 valence electrons. The Balaban J connectivity index is 0.00000312. The summed E-state index contributed by atoms with van der Waals surface area (Å²) in [7, 11) is 0. The molecule has 25 heavy (non-hydrogen) atoms. The average molecular weight is 459 g/mol. The van der Waals surface area contributed by atoms with Crippen molar-refractivity contribution in [2.75, 3.05) is 19.6 Å². The summed E-state index contributed by atoms with van der Waals surface area (Å²) in [6.07, 6.45) is 2.55. The van der Waals surface area contributed by atoms with Crippen molar-refractivity contribution in [3.05, 3.63) is 41.6 Å². The molecule has 0 bridgehead atoms. The van der Waals surface area contributed by atoms with Gasteiger partial charge < -0.3 is 15.1 Å². The Hall–Kier alpha value is -1.51. The largest absolute Gasteiger partial charge is 0.469 e. The predicted octanol–water partition coefficient (Wildman–Crippen LogP) is 3.14. The van der Waals surface area contributed by atoms with Crippen LogP contribution in [0.4, 0.5) is 0 Å². The smallest absolute Gasteiger partial charge is 0.191 e. The molecule has 1 atom stereocenters. The second-order valence-corrected chi connectivity index (χ2v) is 6.19. The molecule has 0 aromatic carbocycles. The average Bonchev–Trinajstić information content (AvgIpc) is 3.15. The van der Waals surface area contributed by atoms with Crippen LogP contribution < -0.4 is 10.6 Å². The van der Waals surface area contributed by atoms with Gasteiger partial charge in [0.15, 0.2) is 5.96 Å². The second kappa shape index (κ2) is 11.2. The SMILES string of the molecule is CCNC(=NCC(C)Cn1nc(C)cc1C)NCCc1ccco1.I. The zero-order valence-corrected chi connectivity index (χ0v) is 17.9. The maximum Gasteiger partial charge on any atom is 0.191 e. The summed E-state index contributed by atoms with van der Waals surface area (Å²) in [4.78, 5) is 4.69. The number of guanidine groups is 1. The Labute approximate surface area is 167 Å². The quantitative estimate of drug-likeness (QED) is 0.362. The zero-order chi connectivity index (χ0) is 17.4. The second-order valence-electron chi connectivity index (χ2n) is 6.19. The number of aromatic nitrogens is 2. The minimum atomic E-state index is 0. The third-order valence-electron chi connectivity index (χ3n) is 3.74. The van der Waals surface area contributed by atoms with Crippen LogP contribution >= 0.6 is 24.0 Å². The zero-order valence-electron chi connectivity index (χ0n) is 15.6. The summed E-state index contributed by atoms with van der Waals surface area (Å²) in [5.41, 5.74) is 2.27. The Bertz CT molecular complexity index is 636. The van der Waals surface area contributed by atoms with Crippen molar-refractivity contribution in [2.24, 2.45) is 10.9 Å². The molecule has 6 nitrogen and oxygen atoms in total. The number of aryl methyl sites for hydroxylation is 2. The van der Waals surface area contributed by atoms with Gasteiger partial charge in [-0.2, -0.15) is 5.10 Å². The third-order valence-corrected chi connectivity index (χ3v) is 3.74. The molecule has 0 spiro atoms. The predicted molar refractivity (Wildman–Crippen MR) is 113 cm³/mol. The molecule has 0 amide bonds. The first kappa shape index (κ1) is 21.5. The van der Waals surface area contributed by atoms with Crippen LogP contribution in [0.25, 0.3) is 0 Å². The van der Waals surface area contributed by atoms with Gasteiger partial charge in [-0.15, -0.1) is 24.0 Å². The maximum absolute atomic E-state index is 5.34. The molecule has 0 aliphatic rings. The molecule has 2 N–H and O–H groups in total.